The van der Waals surface area contributed by atoms with Crippen LogP contribution < -0.4 is 4.72 Å². The summed E-state index contributed by atoms with van der Waals surface area (Å²) in [4.78, 5) is 1.38. The van der Waals surface area contributed by atoms with E-state index in [1.165, 1.54) is 0 Å². The van der Waals surface area contributed by atoms with Crippen molar-refractivity contribution in [1.82, 2.24) is 14.5 Å². The van der Waals surface area contributed by atoms with E-state index in [0.717, 1.165) is 16.1 Å². The van der Waals surface area contributed by atoms with Gasteiger partial charge in [-0.15, -0.1) is 11.3 Å². The van der Waals surface area contributed by atoms with Gasteiger partial charge in [0.25, 0.3) is 0 Å². The number of nitrogens with zero attached hydrogens (tertiary/aromatic N) is 2. The number of hydrogen-bond donors (Lipinski definition) is 1. The average Bonchev–Trinajstić information content (AvgIpc) is 3.25. The van der Waals surface area contributed by atoms with E-state index in [4.69, 9.17) is 0 Å². The van der Waals surface area contributed by atoms with Gasteiger partial charge < -0.3 is 0 Å². The molecule has 138 valence electrons. The summed E-state index contributed by atoms with van der Waals surface area (Å²) >= 11 is 1.63. The molecule has 0 aliphatic heterocycles. The second kappa shape index (κ2) is 7.34. The first kappa shape index (κ1) is 18.8. The number of aromatic nitrogens is 2. The first-order valence-corrected chi connectivity index (χ1v) is 10.8. The fourth-order valence-corrected chi connectivity index (χ4v) is 4.27. The van der Waals surface area contributed by atoms with Crippen molar-refractivity contribution in [1.29, 1.82) is 0 Å². The molecule has 0 aliphatic rings. The van der Waals surface area contributed by atoms with Gasteiger partial charge in [-0.2, -0.15) is 5.10 Å². The predicted molar refractivity (Wildman–Crippen MR) is 106 cm³/mol. The van der Waals surface area contributed by atoms with Crippen molar-refractivity contribution < 1.29 is 8.42 Å². The molecule has 3 aromatic rings. The molecule has 5 nitrogen and oxygen atoms in total. The summed E-state index contributed by atoms with van der Waals surface area (Å²) in [5, 5.41) is 6.48. The van der Waals surface area contributed by atoms with Crippen LogP contribution in [0.1, 0.15) is 26.3 Å². The Labute approximate surface area is 158 Å². The standard InChI is InChI=1S/C19H23N3O2S2/c1-19(2,3)15-6-8-16(9-7-15)26(23,24)20-11-13-22-12-10-17(21-22)18-5-4-14-25-18/h4-10,12,14,20H,11,13H2,1-3H3. The lowest BCUT2D eigenvalue weighted by Crippen LogP contribution is -2.27. The summed E-state index contributed by atoms with van der Waals surface area (Å²) in [7, 11) is -3.52. The highest BCUT2D eigenvalue weighted by Gasteiger charge is 2.17. The van der Waals surface area contributed by atoms with E-state index in [0.29, 0.717) is 6.54 Å². The molecule has 0 amide bonds. The molecule has 3 rings (SSSR count). The minimum absolute atomic E-state index is 0.00389. The minimum atomic E-state index is -3.52. The van der Waals surface area contributed by atoms with Gasteiger partial charge in [0.15, 0.2) is 0 Å². The minimum Gasteiger partial charge on any atom is -0.271 e. The van der Waals surface area contributed by atoms with E-state index in [1.54, 1.807) is 28.2 Å². The van der Waals surface area contributed by atoms with E-state index in [1.807, 2.05) is 41.9 Å². The van der Waals surface area contributed by atoms with Crippen molar-refractivity contribution in [3.05, 3.63) is 59.6 Å². The molecular formula is C19H23N3O2S2. The molecule has 0 saturated carbocycles. The Hall–Kier alpha value is -1.96. The lowest BCUT2D eigenvalue weighted by molar-refractivity contribution is 0.560. The molecule has 1 aromatic carbocycles. The van der Waals surface area contributed by atoms with Crippen molar-refractivity contribution in [2.24, 2.45) is 0 Å². The molecule has 0 spiro atoms. The van der Waals surface area contributed by atoms with Crippen LogP contribution in [0.4, 0.5) is 0 Å². The van der Waals surface area contributed by atoms with E-state index < -0.39 is 10.0 Å². The Bertz CT molecular complexity index is 951. The number of nitrogens with one attached hydrogen (secondary N) is 1. The van der Waals surface area contributed by atoms with Crippen LogP contribution in [0.15, 0.2) is 58.9 Å². The lowest BCUT2D eigenvalue weighted by Gasteiger charge is -2.19. The fourth-order valence-electron chi connectivity index (χ4n) is 2.55. The maximum Gasteiger partial charge on any atom is 0.240 e. The summed E-state index contributed by atoms with van der Waals surface area (Å²) in [6.07, 6.45) is 1.86. The summed E-state index contributed by atoms with van der Waals surface area (Å²) < 4.78 is 29.3. The van der Waals surface area contributed by atoms with Crippen LogP contribution in [-0.4, -0.2) is 24.7 Å². The third kappa shape index (κ3) is 4.41. The first-order chi connectivity index (χ1) is 12.3. The molecule has 0 atom stereocenters. The van der Waals surface area contributed by atoms with Crippen molar-refractivity contribution >= 4 is 21.4 Å². The molecule has 0 radical (unpaired) electrons. The Morgan fingerprint density at radius 3 is 2.46 bits per heavy atom. The van der Waals surface area contributed by atoms with Gasteiger partial charge in [0.2, 0.25) is 10.0 Å². The van der Waals surface area contributed by atoms with Crippen molar-refractivity contribution in [3.8, 4) is 10.6 Å². The third-order valence-corrected chi connectivity index (χ3v) is 6.45. The monoisotopic (exact) mass is 389 g/mol. The van der Waals surface area contributed by atoms with Gasteiger partial charge in [-0.3, -0.25) is 4.68 Å². The highest BCUT2D eigenvalue weighted by atomic mass is 32.2. The quantitative estimate of drug-likeness (QED) is 0.696. The molecule has 2 aromatic heterocycles. The Kier molecular flexibility index (Phi) is 5.32. The van der Waals surface area contributed by atoms with E-state index >= 15 is 0 Å². The van der Waals surface area contributed by atoms with E-state index in [9.17, 15) is 8.42 Å². The van der Waals surface area contributed by atoms with Crippen LogP contribution >= 0.6 is 11.3 Å². The number of benzene rings is 1. The maximum atomic E-state index is 12.4. The van der Waals surface area contributed by atoms with Gasteiger partial charge in [0, 0.05) is 12.7 Å². The van der Waals surface area contributed by atoms with Crippen molar-refractivity contribution in [2.45, 2.75) is 37.6 Å². The molecule has 1 N–H and O–H groups in total. The molecule has 0 saturated heterocycles. The SMILES string of the molecule is CC(C)(C)c1ccc(S(=O)(=O)NCCn2ccc(-c3cccs3)n2)cc1. The average molecular weight is 390 g/mol. The zero-order valence-corrected chi connectivity index (χ0v) is 16.8. The smallest absolute Gasteiger partial charge is 0.240 e. The second-order valence-electron chi connectivity index (χ2n) is 7.11. The highest BCUT2D eigenvalue weighted by molar-refractivity contribution is 7.89. The van der Waals surface area contributed by atoms with Gasteiger partial charge in [0.05, 0.1) is 16.3 Å². The Balaban J connectivity index is 1.60. The summed E-state index contributed by atoms with van der Waals surface area (Å²) in [5.41, 5.74) is 2.01. The molecule has 2 heterocycles. The van der Waals surface area contributed by atoms with Gasteiger partial charge >= 0.3 is 0 Å². The number of hydrogen-bond acceptors (Lipinski definition) is 4. The number of thiophene rings is 1. The van der Waals surface area contributed by atoms with Crippen LogP contribution in [0.2, 0.25) is 0 Å². The summed E-state index contributed by atoms with van der Waals surface area (Å²) in [5.74, 6) is 0. The van der Waals surface area contributed by atoms with Crippen molar-refractivity contribution in [3.63, 3.8) is 0 Å². The zero-order chi connectivity index (χ0) is 18.8. The van der Waals surface area contributed by atoms with Crippen LogP contribution in [0.5, 0.6) is 0 Å². The summed E-state index contributed by atoms with van der Waals surface area (Å²) in [6, 6.07) is 13.0. The Morgan fingerprint density at radius 2 is 1.85 bits per heavy atom. The predicted octanol–water partition coefficient (Wildman–Crippen LogP) is 3.89. The number of sulfonamides is 1. The van der Waals surface area contributed by atoms with Crippen LogP contribution in [0, 0.1) is 0 Å². The van der Waals surface area contributed by atoms with E-state index in [2.05, 4.69) is 30.6 Å². The first-order valence-electron chi connectivity index (χ1n) is 8.43. The normalized spacial score (nSPS) is 12.4. The second-order valence-corrected chi connectivity index (χ2v) is 9.83. The van der Waals surface area contributed by atoms with Crippen molar-refractivity contribution in [2.75, 3.05) is 6.54 Å². The van der Waals surface area contributed by atoms with Crippen LogP contribution in [0.3, 0.4) is 0 Å². The topological polar surface area (TPSA) is 64.0 Å². The lowest BCUT2D eigenvalue weighted by atomic mass is 9.87. The molecule has 0 fully saturated rings. The third-order valence-electron chi connectivity index (χ3n) is 4.08. The van der Waals surface area contributed by atoms with Gasteiger partial charge in [-0.25, -0.2) is 13.1 Å². The maximum absolute atomic E-state index is 12.4. The molecule has 0 bridgehead atoms. The van der Waals surface area contributed by atoms with Crippen LogP contribution in [-0.2, 0) is 22.0 Å². The van der Waals surface area contributed by atoms with E-state index in [-0.39, 0.29) is 16.9 Å². The Morgan fingerprint density at radius 1 is 1.12 bits per heavy atom. The van der Waals surface area contributed by atoms with Gasteiger partial charge in [-0.1, -0.05) is 39.0 Å². The number of rotatable bonds is 6. The molecule has 0 aliphatic carbocycles. The molecule has 0 unspecified atom stereocenters. The molecule has 7 heteroatoms. The van der Waals surface area contributed by atoms with Crippen LogP contribution in [0.25, 0.3) is 10.6 Å². The molecule has 26 heavy (non-hydrogen) atoms. The summed E-state index contributed by atoms with van der Waals surface area (Å²) in [6.45, 7) is 7.06. The zero-order valence-electron chi connectivity index (χ0n) is 15.1. The largest absolute Gasteiger partial charge is 0.271 e. The molecular weight excluding hydrogens is 366 g/mol. The van der Waals surface area contributed by atoms with Gasteiger partial charge in [0.1, 0.15) is 5.69 Å². The fraction of sp³-hybridized carbons (Fsp3) is 0.316. The van der Waals surface area contributed by atoms with Gasteiger partial charge in [-0.05, 0) is 40.6 Å². The highest BCUT2D eigenvalue weighted by Crippen LogP contribution is 2.24.